The minimum Gasteiger partial charge on any atom is -0.369 e. The lowest BCUT2D eigenvalue weighted by Crippen LogP contribution is -2.54. The number of carbonyl (C=O) groups is 1. The van der Waals surface area contributed by atoms with E-state index in [4.69, 9.17) is 4.74 Å². The van der Waals surface area contributed by atoms with Gasteiger partial charge >= 0.3 is 0 Å². The third kappa shape index (κ3) is 4.96. The van der Waals surface area contributed by atoms with Crippen molar-refractivity contribution in [3.05, 3.63) is 30.3 Å². The number of benzene rings is 1. The van der Waals surface area contributed by atoms with E-state index in [1.165, 1.54) is 5.69 Å². The van der Waals surface area contributed by atoms with Crippen molar-refractivity contribution < 1.29 is 9.53 Å². The lowest BCUT2D eigenvalue weighted by Gasteiger charge is -2.39. The lowest BCUT2D eigenvalue weighted by molar-refractivity contribution is -0.138. The van der Waals surface area contributed by atoms with Crippen molar-refractivity contribution in [2.45, 2.75) is 26.0 Å². The fourth-order valence-electron chi connectivity index (χ4n) is 3.70. The Kier molecular flexibility index (Phi) is 6.88. The van der Waals surface area contributed by atoms with Crippen molar-refractivity contribution in [3.63, 3.8) is 0 Å². The Balaban J connectivity index is 1.40. The molecule has 2 saturated heterocycles. The van der Waals surface area contributed by atoms with Gasteiger partial charge in [0.2, 0.25) is 0 Å². The van der Waals surface area contributed by atoms with Crippen LogP contribution in [0.25, 0.3) is 0 Å². The quantitative estimate of drug-likeness (QED) is 0.821. The van der Waals surface area contributed by atoms with Crippen molar-refractivity contribution in [2.75, 3.05) is 63.9 Å². The minimum absolute atomic E-state index is 0.0259. The van der Waals surface area contributed by atoms with Gasteiger partial charge in [0.15, 0.2) is 0 Å². The number of hydrogen-bond acceptors (Lipinski definition) is 5. The maximum absolute atomic E-state index is 12.4. The van der Waals surface area contributed by atoms with E-state index in [1.54, 1.807) is 0 Å². The van der Waals surface area contributed by atoms with E-state index in [0.29, 0.717) is 25.7 Å². The molecule has 0 bridgehead atoms. The van der Waals surface area contributed by atoms with Crippen molar-refractivity contribution in [2.24, 2.45) is 0 Å². The summed E-state index contributed by atoms with van der Waals surface area (Å²) < 4.78 is 5.64. The Morgan fingerprint density at radius 1 is 1.19 bits per heavy atom. The summed E-state index contributed by atoms with van der Waals surface area (Å²) >= 11 is 0. The number of para-hydroxylation sites is 1. The first kappa shape index (κ1) is 19.1. The highest BCUT2D eigenvalue weighted by Gasteiger charge is 2.27. The highest BCUT2D eigenvalue weighted by Crippen LogP contribution is 2.16. The molecule has 2 aliphatic rings. The van der Waals surface area contributed by atoms with Crippen LogP contribution in [0.4, 0.5) is 5.69 Å². The van der Waals surface area contributed by atoms with Crippen LogP contribution in [0.3, 0.4) is 0 Å². The Morgan fingerprint density at radius 3 is 2.62 bits per heavy atom. The number of nitrogens with one attached hydrogen (secondary N) is 1. The summed E-state index contributed by atoms with van der Waals surface area (Å²) in [5.74, 6) is 0.0259. The Hall–Kier alpha value is -1.63. The molecule has 2 heterocycles. The number of nitrogens with zero attached hydrogens (tertiary/aromatic N) is 3. The summed E-state index contributed by atoms with van der Waals surface area (Å²) in [7, 11) is 0. The zero-order chi connectivity index (χ0) is 18.4. The number of ether oxygens (including phenoxy) is 1. The molecule has 6 nitrogen and oxygen atoms in total. The Bertz CT molecular complexity index is 560. The van der Waals surface area contributed by atoms with Gasteiger partial charge in [-0.3, -0.25) is 14.6 Å². The van der Waals surface area contributed by atoms with E-state index < -0.39 is 0 Å². The second-order valence-electron chi connectivity index (χ2n) is 7.21. The number of hydrogen-bond donors (Lipinski definition) is 1. The smallest absolute Gasteiger partial charge is 0.250 e. The van der Waals surface area contributed by atoms with Gasteiger partial charge in [-0.1, -0.05) is 25.1 Å². The molecule has 2 aliphatic heterocycles. The van der Waals surface area contributed by atoms with Crippen LogP contribution in [-0.4, -0.2) is 86.8 Å². The first-order valence-corrected chi connectivity index (χ1v) is 9.83. The zero-order valence-corrected chi connectivity index (χ0v) is 16.1. The van der Waals surface area contributed by atoms with Crippen molar-refractivity contribution in [3.8, 4) is 0 Å². The summed E-state index contributed by atoms with van der Waals surface area (Å²) in [6.45, 7) is 12.3. The molecular formula is C20H32N4O2. The third-order valence-electron chi connectivity index (χ3n) is 5.52. The van der Waals surface area contributed by atoms with E-state index in [0.717, 1.165) is 39.3 Å². The van der Waals surface area contributed by atoms with Gasteiger partial charge in [-0.15, -0.1) is 0 Å². The standard InChI is InChI=1S/C20H32N4O2/c1-3-22-13-14-26-19(16-22)20(25)21-15-17(2)23-9-11-24(12-10-23)18-7-5-4-6-8-18/h4-8,17,19H,3,9-16H2,1-2H3,(H,21,25)/t17-,19+/m1/s1. The van der Waals surface area contributed by atoms with E-state index >= 15 is 0 Å². The van der Waals surface area contributed by atoms with E-state index in [2.05, 4.69) is 64.2 Å². The van der Waals surface area contributed by atoms with Gasteiger partial charge in [0.25, 0.3) is 5.91 Å². The van der Waals surface area contributed by atoms with Crippen LogP contribution < -0.4 is 10.2 Å². The van der Waals surface area contributed by atoms with Crippen LogP contribution in [0.2, 0.25) is 0 Å². The van der Waals surface area contributed by atoms with Crippen LogP contribution in [0, 0.1) is 0 Å². The average Bonchev–Trinajstić information content (AvgIpc) is 2.72. The lowest BCUT2D eigenvalue weighted by atomic mass is 10.2. The molecule has 1 N–H and O–H groups in total. The van der Waals surface area contributed by atoms with Crippen LogP contribution >= 0.6 is 0 Å². The molecule has 0 spiro atoms. The fourth-order valence-corrected chi connectivity index (χ4v) is 3.70. The molecule has 144 valence electrons. The first-order valence-electron chi connectivity index (χ1n) is 9.83. The maximum Gasteiger partial charge on any atom is 0.250 e. The Morgan fingerprint density at radius 2 is 1.92 bits per heavy atom. The van der Waals surface area contributed by atoms with E-state index in [9.17, 15) is 4.79 Å². The predicted molar refractivity (Wildman–Crippen MR) is 105 cm³/mol. The topological polar surface area (TPSA) is 48.1 Å². The van der Waals surface area contributed by atoms with Gasteiger partial charge in [-0.25, -0.2) is 0 Å². The highest BCUT2D eigenvalue weighted by molar-refractivity contribution is 5.81. The molecule has 1 aromatic rings. The van der Waals surface area contributed by atoms with Crippen molar-refractivity contribution in [1.29, 1.82) is 0 Å². The molecule has 0 radical (unpaired) electrons. The fraction of sp³-hybridized carbons (Fsp3) is 0.650. The van der Waals surface area contributed by atoms with Gasteiger partial charge in [-0.05, 0) is 25.6 Å². The number of rotatable bonds is 6. The van der Waals surface area contributed by atoms with Crippen LogP contribution in [0.5, 0.6) is 0 Å². The van der Waals surface area contributed by atoms with Gasteiger partial charge in [0.1, 0.15) is 6.10 Å². The van der Waals surface area contributed by atoms with E-state index in [-0.39, 0.29) is 12.0 Å². The van der Waals surface area contributed by atoms with Crippen LogP contribution in [-0.2, 0) is 9.53 Å². The number of carbonyl (C=O) groups excluding carboxylic acids is 1. The molecule has 2 fully saturated rings. The summed E-state index contributed by atoms with van der Waals surface area (Å²) in [5, 5.41) is 3.09. The maximum atomic E-state index is 12.4. The summed E-state index contributed by atoms with van der Waals surface area (Å²) in [6, 6.07) is 10.9. The third-order valence-corrected chi connectivity index (χ3v) is 5.52. The minimum atomic E-state index is -0.328. The largest absolute Gasteiger partial charge is 0.369 e. The summed E-state index contributed by atoms with van der Waals surface area (Å²) in [5.41, 5.74) is 1.29. The molecule has 0 saturated carbocycles. The van der Waals surface area contributed by atoms with Crippen LogP contribution in [0.1, 0.15) is 13.8 Å². The van der Waals surface area contributed by atoms with Gasteiger partial charge in [0, 0.05) is 57.5 Å². The SMILES string of the molecule is CCN1CCO[C@H](C(=O)NC[C@@H](C)N2CCN(c3ccccc3)CC2)C1. The van der Waals surface area contributed by atoms with Crippen molar-refractivity contribution >= 4 is 11.6 Å². The molecule has 26 heavy (non-hydrogen) atoms. The van der Waals surface area contributed by atoms with E-state index in [1.807, 2.05) is 0 Å². The predicted octanol–water partition coefficient (Wildman–Crippen LogP) is 1.03. The number of morpholine rings is 1. The molecule has 1 aromatic carbocycles. The molecule has 0 unspecified atom stereocenters. The van der Waals surface area contributed by atoms with Crippen molar-refractivity contribution in [1.82, 2.24) is 15.1 Å². The van der Waals surface area contributed by atoms with Gasteiger partial charge in [-0.2, -0.15) is 0 Å². The molecule has 0 aromatic heterocycles. The average molecular weight is 361 g/mol. The second-order valence-corrected chi connectivity index (χ2v) is 7.21. The summed E-state index contributed by atoms with van der Waals surface area (Å²) in [4.78, 5) is 19.5. The number of piperazine rings is 1. The number of likely N-dealkylation sites (N-methyl/N-ethyl adjacent to an activating group) is 1. The molecule has 3 rings (SSSR count). The summed E-state index contributed by atoms with van der Waals surface area (Å²) in [6.07, 6.45) is -0.328. The van der Waals surface area contributed by atoms with Gasteiger partial charge < -0.3 is 15.0 Å². The highest BCUT2D eigenvalue weighted by atomic mass is 16.5. The van der Waals surface area contributed by atoms with Gasteiger partial charge in [0.05, 0.1) is 6.61 Å². The normalized spacial score (nSPS) is 23.6. The Labute approximate surface area is 157 Å². The molecule has 6 heteroatoms. The molecule has 1 amide bonds. The zero-order valence-electron chi connectivity index (χ0n) is 16.1. The second kappa shape index (κ2) is 9.35. The number of anilines is 1. The monoisotopic (exact) mass is 360 g/mol. The molecular weight excluding hydrogens is 328 g/mol. The van der Waals surface area contributed by atoms with Crippen LogP contribution in [0.15, 0.2) is 30.3 Å². The first-order chi connectivity index (χ1) is 12.7. The molecule has 0 aliphatic carbocycles. The number of amides is 1. The molecule has 2 atom stereocenters.